The third-order valence-electron chi connectivity index (χ3n) is 3.18. The third kappa shape index (κ3) is 2.87. The van der Waals surface area contributed by atoms with E-state index in [1.807, 2.05) is 26.0 Å². The number of nitrogen functional groups attached to an aromatic ring is 1. The molecule has 3 N–H and O–H groups in total. The Hall–Kier alpha value is -1.37. The lowest BCUT2D eigenvalue weighted by atomic mass is 10.1. The van der Waals surface area contributed by atoms with E-state index >= 15 is 0 Å². The van der Waals surface area contributed by atoms with E-state index in [4.69, 9.17) is 5.73 Å². The van der Waals surface area contributed by atoms with Crippen LogP contribution < -0.4 is 5.73 Å². The molecule has 0 bridgehead atoms. The van der Waals surface area contributed by atoms with Gasteiger partial charge in [0.1, 0.15) is 11.6 Å². The highest BCUT2D eigenvalue weighted by Gasteiger charge is 2.13. The zero-order valence-corrected chi connectivity index (χ0v) is 14.0. The molecule has 0 saturated heterocycles. The molecule has 2 rings (SSSR count). The average Bonchev–Trinajstić information content (AvgIpc) is 2.40. The highest BCUT2D eigenvalue weighted by molar-refractivity contribution is 14.1. The van der Waals surface area contributed by atoms with Gasteiger partial charge in [-0.3, -0.25) is 0 Å². The first-order chi connectivity index (χ1) is 9.43. The molecule has 0 aliphatic rings. The molecule has 2 aromatic rings. The minimum Gasteiger partial charge on any atom is -0.507 e. The van der Waals surface area contributed by atoms with E-state index in [0.717, 1.165) is 38.8 Å². The standard InChI is InChI=1S/C15H18IN3O/c1-4-5-11-12(16)14(17)19-15(18-11)10-6-8(2)13(20)9(3)7-10/h6-7,20H,4-5H2,1-3H3,(H2,17,18,19). The summed E-state index contributed by atoms with van der Waals surface area (Å²) in [4.78, 5) is 9.00. The molecule has 0 atom stereocenters. The van der Waals surface area contributed by atoms with Crippen molar-refractivity contribution in [3.05, 3.63) is 32.5 Å². The van der Waals surface area contributed by atoms with Crippen LogP contribution in [0.2, 0.25) is 0 Å². The number of benzene rings is 1. The largest absolute Gasteiger partial charge is 0.507 e. The van der Waals surface area contributed by atoms with E-state index in [-0.39, 0.29) is 0 Å². The maximum absolute atomic E-state index is 9.85. The lowest BCUT2D eigenvalue weighted by molar-refractivity contribution is 0.467. The molecule has 0 fully saturated rings. The fourth-order valence-corrected chi connectivity index (χ4v) is 2.64. The Morgan fingerprint density at radius 3 is 2.35 bits per heavy atom. The number of nitrogens with two attached hydrogens (primary N) is 1. The number of phenolic OH excluding ortho intramolecular Hbond substituents is 1. The van der Waals surface area contributed by atoms with E-state index in [2.05, 4.69) is 39.5 Å². The van der Waals surface area contributed by atoms with Gasteiger partial charge in [-0.05, 0) is 66.1 Å². The van der Waals surface area contributed by atoms with Gasteiger partial charge in [-0.2, -0.15) is 0 Å². The SMILES string of the molecule is CCCc1nc(-c2cc(C)c(O)c(C)c2)nc(N)c1I. The molecular weight excluding hydrogens is 365 g/mol. The molecule has 0 amide bonds. The van der Waals surface area contributed by atoms with Crippen molar-refractivity contribution in [2.75, 3.05) is 5.73 Å². The first-order valence-electron chi connectivity index (χ1n) is 6.56. The van der Waals surface area contributed by atoms with E-state index in [1.165, 1.54) is 0 Å². The molecule has 1 aromatic heterocycles. The van der Waals surface area contributed by atoms with Crippen molar-refractivity contribution in [3.63, 3.8) is 0 Å². The minimum atomic E-state index is 0.320. The van der Waals surface area contributed by atoms with Crippen LogP contribution >= 0.6 is 22.6 Å². The Bertz CT molecular complexity index is 633. The van der Waals surface area contributed by atoms with Crippen molar-refractivity contribution in [1.82, 2.24) is 9.97 Å². The van der Waals surface area contributed by atoms with Crippen LogP contribution in [0, 0.1) is 17.4 Å². The summed E-state index contributed by atoms with van der Waals surface area (Å²) >= 11 is 2.19. The number of aryl methyl sites for hydroxylation is 3. The number of aromatic hydroxyl groups is 1. The first-order valence-corrected chi connectivity index (χ1v) is 7.64. The van der Waals surface area contributed by atoms with Crippen LogP contribution in [0.15, 0.2) is 12.1 Å². The number of rotatable bonds is 3. The monoisotopic (exact) mass is 383 g/mol. The van der Waals surface area contributed by atoms with Crippen LogP contribution in [-0.4, -0.2) is 15.1 Å². The van der Waals surface area contributed by atoms with Gasteiger partial charge in [0, 0.05) is 5.56 Å². The van der Waals surface area contributed by atoms with Gasteiger partial charge >= 0.3 is 0 Å². The second-order valence-corrected chi connectivity index (χ2v) is 5.98. The second-order valence-electron chi connectivity index (χ2n) is 4.90. The van der Waals surface area contributed by atoms with E-state index in [9.17, 15) is 5.11 Å². The van der Waals surface area contributed by atoms with Crippen molar-refractivity contribution in [2.24, 2.45) is 0 Å². The van der Waals surface area contributed by atoms with Gasteiger partial charge in [0.25, 0.3) is 0 Å². The summed E-state index contributed by atoms with van der Waals surface area (Å²) in [7, 11) is 0. The molecule has 0 aliphatic heterocycles. The number of aromatic nitrogens is 2. The van der Waals surface area contributed by atoms with Crippen LogP contribution in [0.25, 0.3) is 11.4 Å². The quantitative estimate of drug-likeness (QED) is 0.795. The first kappa shape index (κ1) is 15.0. The number of halogens is 1. The third-order valence-corrected chi connectivity index (χ3v) is 4.36. The van der Waals surface area contributed by atoms with Crippen molar-refractivity contribution >= 4 is 28.4 Å². The zero-order chi connectivity index (χ0) is 14.9. The van der Waals surface area contributed by atoms with E-state index < -0.39 is 0 Å². The molecule has 1 aromatic carbocycles. The van der Waals surface area contributed by atoms with Crippen molar-refractivity contribution < 1.29 is 5.11 Å². The molecule has 4 nitrogen and oxygen atoms in total. The number of hydrogen-bond acceptors (Lipinski definition) is 4. The molecule has 0 spiro atoms. The summed E-state index contributed by atoms with van der Waals surface area (Å²) in [6.45, 7) is 5.85. The Balaban J connectivity index is 2.58. The Morgan fingerprint density at radius 2 is 1.80 bits per heavy atom. The topological polar surface area (TPSA) is 72.0 Å². The van der Waals surface area contributed by atoms with Gasteiger partial charge in [-0.25, -0.2) is 9.97 Å². The lowest BCUT2D eigenvalue weighted by Crippen LogP contribution is -2.05. The summed E-state index contributed by atoms with van der Waals surface area (Å²) in [6.07, 6.45) is 1.90. The summed E-state index contributed by atoms with van der Waals surface area (Å²) in [5, 5.41) is 9.85. The number of hydrogen-bond donors (Lipinski definition) is 2. The Labute approximate surface area is 132 Å². The second kappa shape index (κ2) is 5.95. The van der Waals surface area contributed by atoms with Crippen molar-refractivity contribution in [1.29, 1.82) is 0 Å². The molecule has 0 saturated carbocycles. The van der Waals surface area contributed by atoms with E-state index in [1.54, 1.807) is 0 Å². The highest BCUT2D eigenvalue weighted by Crippen LogP contribution is 2.29. The normalized spacial score (nSPS) is 10.8. The highest BCUT2D eigenvalue weighted by atomic mass is 127. The minimum absolute atomic E-state index is 0.320. The molecule has 106 valence electrons. The summed E-state index contributed by atoms with van der Waals surface area (Å²) in [5.41, 5.74) is 9.49. The Kier molecular flexibility index (Phi) is 4.47. The molecular formula is C15H18IN3O. The van der Waals surface area contributed by atoms with Gasteiger partial charge in [0.2, 0.25) is 0 Å². The van der Waals surface area contributed by atoms with Gasteiger partial charge in [-0.1, -0.05) is 13.3 Å². The summed E-state index contributed by atoms with van der Waals surface area (Å²) in [5.74, 6) is 1.46. The molecule has 0 radical (unpaired) electrons. The smallest absolute Gasteiger partial charge is 0.161 e. The Morgan fingerprint density at radius 1 is 1.20 bits per heavy atom. The lowest BCUT2D eigenvalue weighted by Gasteiger charge is -2.10. The average molecular weight is 383 g/mol. The fraction of sp³-hybridized carbons (Fsp3) is 0.333. The predicted octanol–water partition coefficient (Wildman–Crippen LogP) is 3.61. The van der Waals surface area contributed by atoms with Crippen LogP contribution in [0.3, 0.4) is 0 Å². The molecule has 5 heteroatoms. The van der Waals surface area contributed by atoms with Crippen molar-refractivity contribution in [3.8, 4) is 17.1 Å². The summed E-state index contributed by atoms with van der Waals surface area (Å²) < 4.78 is 0.931. The zero-order valence-electron chi connectivity index (χ0n) is 11.9. The van der Waals surface area contributed by atoms with Crippen LogP contribution in [0.4, 0.5) is 5.82 Å². The summed E-state index contributed by atoms with van der Waals surface area (Å²) in [6, 6.07) is 3.78. The number of phenols is 1. The van der Waals surface area contributed by atoms with Crippen LogP contribution in [0.1, 0.15) is 30.2 Å². The fourth-order valence-electron chi connectivity index (χ4n) is 2.13. The molecule has 0 unspecified atom stereocenters. The van der Waals surface area contributed by atoms with Crippen LogP contribution in [-0.2, 0) is 6.42 Å². The van der Waals surface area contributed by atoms with Gasteiger partial charge in [0.05, 0.1) is 9.26 Å². The van der Waals surface area contributed by atoms with Gasteiger partial charge < -0.3 is 10.8 Å². The molecule has 1 heterocycles. The maximum atomic E-state index is 9.85. The van der Waals surface area contributed by atoms with Gasteiger partial charge in [0.15, 0.2) is 5.82 Å². The van der Waals surface area contributed by atoms with Crippen molar-refractivity contribution in [2.45, 2.75) is 33.6 Å². The predicted molar refractivity (Wildman–Crippen MR) is 89.7 cm³/mol. The number of nitrogens with zero attached hydrogens (tertiary/aromatic N) is 2. The molecule has 20 heavy (non-hydrogen) atoms. The van der Waals surface area contributed by atoms with Gasteiger partial charge in [-0.15, -0.1) is 0 Å². The molecule has 0 aliphatic carbocycles. The van der Waals surface area contributed by atoms with E-state index in [0.29, 0.717) is 17.4 Å². The maximum Gasteiger partial charge on any atom is 0.161 e. The van der Waals surface area contributed by atoms with Crippen LogP contribution in [0.5, 0.6) is 5.75 Å². The number of anilines is 1.